The van der Waals surface area contributed by atoms with Crippen molar-refractivity contribution >= 4 is 29.2 Å². The first-order valence-corrected chi connectivity index (χ1v) is 9.82. The van der Waals surface area contributed by atoms with Crippen LogP contribution in [0.25, 0.3) is 0 Å². The Labute approximate surface area is 156 Å². The maximum absolute atomic E-state index is 12.8. The van der Waals surface area contributed by atoms with Crippen molar-refractivity contribution in [1.82, 2.24) is 14.7 Å². The number of likely N-dealkylation sites (N-methyl/N-ethyl adjacent to an activating group) is 2. The van der Waals surface area contributed by atoms with Gasteiger partial charge in [-0.1, -0.05) is 0 Å². The molecule has 8 heteroatoms. The molecule has 0 radical (unpaired) electrons. The van der Waals surface area contributed by atoms with Gasteiger partial charge in [0.25, 0.3) is 11.8 Å². The zero-order valence-electron chi connectivity index (χ0n) is 15.1. The van der Waals surface area contributed by atoms with Gasteiger partial charge in [-0.15, -0.1) is 11.3 Å². The highest BCUT2D eigenvalue weighted by Gasteiger charge is 2.55. The normalized spacial score (nSPS) is 25.6. The van der Waals surface area contributed by atoms with Crippen molar-refractivity contribution in [2.75, 3.05) is 33.8 Å². The zero-order chi connectivity index (χ0) is 18.5. The minimum absolute atomic E-state index is 0.00174. The summed E-state index contributed by atoms with van der Waals surface area (Å²) in [7, 11) is 3.19. The number of carbonyl (C=O) groups is 3. The molecule has 7 nitrogen and oxygen atoms in total. The lowest BCUT2D eigenvalue weighted by atomic mass is 9.86. The number of imide groups is 1. The molecule has 1 aromatic heterocycles. The molecule has 1 spiro atoms. The molecule has 0 saturated carbocycles. The molecule has 140 valence electrons. The van der Waals surface area contributed by atoms with Gasteiger partial charge in [0.15, 0.2) is 0 Å². The number of thiophene rings is 1. The molecule has 1 atom stereocenters. The molecular weight excluding hydrogens is 354 g/mol. The third kappa shape index (κ3) is 2.54. The Kier molecular flexibility index (Phi) is 4.27. The summed E-state index contributed by atoms with van der Waals surface area (Å²) >= 11 is 1.50. The molecule has 4 rings (SSSR count). The molecule has 26 heavy (non-hydrogen) atoms. The molecule has 3 fully saturated rings. The third-order valence-corrected chi connectivity index (χ3v) is 7.05. The Morgan fingerprint density at radius 1 is 1.23 bits per heavy atom. The average Bonchev–Trinajstić information content (AvgIpc) is 3.38. The van der Waals surface area contributed by atoms with Gasteiger partial charge in [0.05, 0.1) is 11.0 Å². The minimum Gasteiger partial charge on any atom is -0.373 e. The number of rotatable bonds is 2. The summed E-state index contributed by atoms with van der Waals surface area (Å²) in [4.78, 5) is 43.8. The molecule has 4 heterocycles. The van der Waals surface area contributed by atoms with E-state index in [1.54, 1.807) is 11.9 Å². The number of hydrogen-bond donors (Lipinski definition) is 0. The van der Waals surface area contributed by atoms with Crippen LogP contribution in [0.4, 0.5) is 4.79 Å². The van der Waals surface area contributed by atoms with Crippen LogP contribution in [0, 0.1) is 0 Å². The minimum atomic E-state index is -0.791. The van der Waals surface area contributed by atoms with Gasteiger partial charge in [-0.3, -0.25) is 14.5 Å². The van der Waals surface area contributed by atoms with Gasteiger partial charge < -0.3 is 14.5 Å². The number of urea groups is 1. The SMILES string of the molecule is CN1C(=O)N(C)C2(CCN(C(=O)c3ccc(C4CCCO4)s3)CC2)C1=O. The van der Waals surface area contributed by atoms with Crippen LogP contribution in [0.5, 0.6) is 0 Å². The first kappa shape index (κ1) is 17.5. The van der Waals surface area contributed by atoms with E-state index < -0.39 is 5.54 Å². The lowest BCUT2D eigenvalue weighted by molar-refractivity contribution is -0.134. The van der Waals surface area contributed by atoms with Crippen molar-refractivity contribution in [3.8, 4) is 0 Å². The first-order valence-electron chi connectivity index (χ1n) is 9.00. The van der Waals surface area contributed by atoms with Crippen LogP contribution in [0.2, 0.25) is 0 Å². The summed E-state index contributed by atoms with van der Waals surface area (Å²) in [5.74, 6) is -0.157. The van der Waals surface area contributed by atoms with Gasteiger partial charge in [0.2, 0.25) is 0 Å². The molecule has 0 bridgehead atoms. The van der Waals surface area contributed by atoms with Crippen molar-refractivity contribution < 1.29 is 19.1 Å². The Morgan fingerprint density at radius 2 is 1.96 bits per heavy atom. The summed E-state index contributed by atoms with van der Waals surface area (Å²) in [6, 6.07) is 3.59. The first-order chi connectivity index (χ1) is 12.4. The number of amides is 4. The third-order valence-electron chi connectivity index (χ3n) is 5.88. The van der Waals surface area contributed by atoms with Crippen LogP contribution < -0.4 is 0 Å². The number of hydrogen-bond acceptors (Lipinski definition) is 5. The van der Waals surface area contributed by atoms with E-state index in [1.165, 1.54) is 28.2 Å². The summed E-state index contributed by atoms with van der Waals surface area (Å²) < 4.78 is 5.69. The van der Waals surface area contributed by atoms with Crippen molar-refractivity contribution in [3.63, 3.8) is 0 Å². The Hall–Kier alpha value is -1.93. The number of piperidine rings is 1. The molecule has 1 unspecified atom stereocenters. The van der Waals surface area contributed by atoms with Gasteiger partial charge in [-0.2, -0.15) is 0 Å². The van der Waals surface area contributed by atoms with E-state index in [-0.39, 0.29) is 23.9 Å². The fourth-order valence-corrected chi connectivity index (χ4v) is 5.24. The molecule has 1 aromatic rings. The Balaban J connectivity index is 1.44. The van der Waals surface area contributed by atoms with Gasteiger partial charge >= 0.3 is 6.03 Å². The van der Waals surface area contributed by atoms with Gasteiger partial charge in [-0.25, -0.2) is 4.79 Å². The van der Waals surface area contributed by atoms with Crippen LogP contribution in [0.1, 0.15) is 46.3 Å². The van der Waals surface area contributed by atoms with E-state index in [2.05, 4.69) is 0 Å². The van der Waals surface area contributed by atoms with Crippen LogP contribution >= 0.6 is 11.3 Å². The van der Waals surface area contributed by atoms with E-state index in [1.807, 2.05) is 12.1 Å². The predicted octanol–water partition coefficient (Wildman–Crippen LogP) is 2.10. The quantitative estimate of drug-likeness (QED) is 0.740. The van der Waals surface area contributed by atoms with Crippen LogP contribution in [0.15, 0.2) is 12.1 Å². The smallest absolute Gasteiger partial charge is 0.327 e. The van der Waals surface area contributed by atoms with E-state index in [9.17, 15) is 14.4 Å². The van der Waals surface area contributed by atoms with Crippen LogP contribution in [-0.4, -0.2) is 71.9 Å². The highest BCUT2D eigenvalue weighted by molar-refractivity contribution is 7.14. The van der Waals surface area contributed by atoms with E-state index in [0.717, 1.165) is 24.3 Å². The standard InChI is InChI=1S/C18H23N3O4S/c1-19-16(23)18(20(2)17(19)24)7-9-21(10-8-18)15(22)14-6-5-13(26-14)12-4-3-11-25-12/h5-6,12H,3-4,7-11H2,1-2H3. The maximum atomic E-state index is 12.8. The summed E-state index contributed by atoms with van der Waals surface area (Å²) in [5.41, 5.74) is -0.791. The fraction of sp³-hybridized carbons (Fsp3) is 0.611. The van der Waals surface area contributed by atoms with E-state index in [0.29, 0.717) is 30.8 Å². The highest BCUT2D eigenvalue weighted by atomic mass is 32.1. The maximum Gasteiger partial charge on any atom is 0.327 e. The number of nitrogens with zero attached hydrogens (tertiary/aromatic N) is 3. The zero-order valence-corrected chi connectivity index (χ0v) is 15.9. The summed E-state index contributed by atoms with van der Waals surface area (Å²) in [6.07, 6.45) is 3.16. The molecule has 0 aromatic carbocycles. The fourth-order valence-electron chi connectivity index (χ4n) is 4.18. The monoisotopic (exact) mass is 377 g/mol. The molecule has 0 aliphatic carbocycles. The van der Waals surface area contributed by atoms with Crippen molar-refractivity contribution in [1.29, 1.82) is 0 Å². The van der Waals surface area contributed by atoms with Gasteiger partial charge in [0.1, 0.15) is 5.54 Å². The molecule has 3 saturated heterocycles. The summed E-state index contributed by atoms with van der Waals surface area (Å²) in [6.45, 7) is 1.74. The second-order valence-corrected chi connectivity index (χ2v) is 8.35. The van der Waals surface area contributed by atoms with Crippen molar-refractivity contribution in [2.24, 2.45) is 0 Å². The highest BCUT2D eigenvalue weighted by Crippen LogP contribution is 2.37. The van der Waals surface area contributed by atoms with Crippen molar-refractivity contribution in [3.05, 3.63) is 21.9 Å². The molecule has 0 N–H and O–H groups in total. The van der Waals surface area contributed by atoms with Crippen LogP contribution in [0.3, 0.4) is 0 Å². The lowest BCUT2D eigenvalue weighted by Crippen LogP contribution is -2.56. The molecular formula is C18H23N3O4S. The molecule has 4 amide bonds. The molecule has 3 aliphatic heterocycles. The second-order valence-electron chi connectivity index (χ2n) is 7.23. The average molecular weight is 377 g/mol. The van der Waals surface area contributed by atoms with Gasteiger partial charge in [0, 0.05) is 38.7 Å². The second kappa shape index (κ2) is 6.35. The Bertz CT molecular complexity index is 747. The van der Waals surface area contributed by atoms with Crippen molar-refractivity contribution in [2.45, 2.75) is 37.3 Å². The summed E-state index contributed by atoms with van der Waals surface area (Å²) in [5, 5.41) is 0. The number of carbonyl (C=O) groups excluding carboxylic acids is 3. The van der Waals surface area contributed by atoms with E-state index >= 15 is 0 Å². The lowest BCUT2D eigenvalue weighted by Gasteiger charge is -2.40. The van der Waals surface area contributed by atoms with Crippen LogP contribution in [-0.2, 0) is 9.53 Å². The van der Waals surface area contributed by atoms with E-state index in [4.69, 9.17) is 4.74 Å². The molecule has 3 aliphatic rings. The predicted molar refractivity (Wildman–Crippen MR) is 96.0 cm³/mol. The van der Waals surface area contributed by atoms with Gasteiger partial charge in [-0.05, 0) is 37.8 Å². The number of ether oxygens (including phenoxy) is 1. The topological polar surface area (TPSA) is 70.2 Å². The largest absolute Gasteiger partial charge is 0.373 e. The Morgan fingerprint density at radius 3 is 2.54 bits per heavy atom. The number of likely N-dealkylation sites (tertiary alicyclic amines) is 1.